The largest absolute Gasteiger partial charge is 0.263 e. The van der Waals surface area contributed by atoms with Crippen molar-refractivity contribution in [3.05, 3.63) is 35.6 Å². The van der Waals surface area contributed by atoms with Crippen LogP contribution in [-0.2, 0) is 0 Å². The van der Waals surface area contributed by atoms with Crippen LogP contribution in [0.5, 0.6) is 0 Å². The Morgan fingerprint density at radius 3 is 2.60 bits per heavy atom. The standard InChI is InChI=1S/C7H5N.2ClH/c1-2-6-4-8-5-7(6)3-1;;/h1-5H;2*1H. The third-order valence-electron chi connectivity index (χ3n) is 1.31. The van der Waals surface area contributed by atoms with Gasteiger partial charge in [-0.15, -0.1) is 24.8 Å². The maximum atomic E-state index is 3.96. The molecule has 0 spiro atoms. The fourth-order valence-electron chi connectivity index (χ4n) is 0.881. The first-order valence-electron chi connectivity index (χ1n) is 2.59. The molecule has 0 saturated heterocycles. The second-order valence-electron chi connectivity index (χ2n) is 1.84. The molecule has 10 heavy (non-hydrogen) atoms. The van der Waals surface area contributed by atoms with Gasteiger partial charge in [0, 0.05) is 23.6 Å². The summed E-state index contributed by atoms with van der Waals surface area (Å²) < 4.78 is 0. The van der Waals surface area contributed by atoms with Crippen LogP contribution in [0, 0.1) is 0 Å². The molecule has 2 rings (SSSR count). The van der Waals surface area contributed by atoms with E-state index in [9.17, 15) is 0 Å². The quantitative estimate of drug-likeness (QED) is 0.536. The van der Waals surface area contributed by atoms with Gasteiger partial charge in [-0.1, -0.05) is 18.2 Å². The fraction of sp³-hybridized carbons (Fsp3) is 0. The van der Waals surface area contributed by atoms with E-state index in [0.29, 0.717) is 0 Å². The maximum absolute atomic E-state index is 3.96. The molecule has 54 valence electrons. The Morgan fingerprint density at radius 2 is 1.90 bits per heavy atom. The molecule has 0 aromatic heterocycles. The number of hydrogen-bond donors (Lipinski definition) is 0. The molecule has 0 radical (unpaired) electrons. The lowest BCUT2D eigenvalue weighted by Crippen LogP contribution is -1.73. The minimum atomic E-state index is 0. The van der Waals surface area contributed by atoms with Gasteiger partial charge in [0.05, 0.1) is 0 Å². The minimum Gasteiger partial charge on any atom is -0.263 e. The number of rotatable bonds is 0. The minimum absolute atomic E-state index is 0. The van der Waals surface area contributed by atoms with Crippen molar-refractivity contribution in [1.82, 2.24) is 0 Å². The van der Waals surface area contributed by atoms with E-state index in [0.717, 1.165) is 0 Å². The molecule has 3 heteroatoms. The van der Waals surface area contributed by atoms with Crippen molar-refractivity contribution in [2.45, 2.75) is 0 Å². The van der Waals surface area contributed by atoms with Crippen molar-refractivity contribution in [1.29, 1.82) is 0 Å². The summed E-state index contributed by atoms with van der Waals surface area (Å²) >= 11 is 0. The second kappa shape index (κ2) is 3.59. The van der Waals surface area contributed by atoms with E-state index < -0.39 is 0 Å². The second-order valence-corrected chi connectivity index (χ2v) is 1.84. The number of allylic oxidation sites excluding steroid dienone is 5. The van der Waals surface area contributed by atoms with E-state index in [-0.39, 0.29) is 24.8 Å². The Labute approximate surface area is 72.0 Å². The molecular formula is C7H7Cl2N. The van der Waals surface area contributed by atoms with Crippen molar-refractivity contribution >= 4 is 31.0 Å². The predicted molar refractivity (Wildman–Crippen MR) is 48.3 cm³/mol. The topological polar surface area (TPSA) is 12.4 Å². The number of nitrogens with zero attached hydrogens (tertiary/aromatic N) is 1. The summed E-state index contributed by atoms with van der Waals surface area (Å²) in [6, 6.07) is 0. The van der Waals surface area contributed by atoms with E-state index in [2.05, 4.69) is 17.1 Å². The van der Waals surface area contributed by atoms with Gasteiger partial charge < -0.3 is 0 Å². The molecule has 2 aliphatic rings. The van der Waals surface area contributed by atoms with E-state index in [4.69, 9.17) is 0 Å². The number of fused-ring (bicyclic) bond motifs is 1. The molecule has 1 aliphatic carbocycles. The van der Waals surface area contributed by atoms with Crippen LogP contribution in [0.15, 0.2) is 40.6 Å². The molecule has 0 atom stereocenters. The highest BCUT2D eigenvalue weighted by Gasteiger charge is 2.05. The van der Waals surface area contributed by atoms with Crippen LogP contribution in [0.25, 0.3) is 0 Å². The lowest BCUT2D eigenvalue weighted by molar-refractivity contribution is 1.60. The molecule has 0 aromatic rings. The molecule has 0 aromatic carbocycles. The monoisotopic (exact) mass is 175 g/mol. The van der Waals surface area contributed by atoms with Crippen LogP contribution < -0.4 is 0 Å². The van der Waals surface area contributed by atoms with Crippen molar-refractivity contribution in [2.24, 2.45) is 4.99 Å². The van der Waals surface area contributed by atoms with E-state index in [1.165, 1.54) is 11.1 Å². The molecule has 0 saturated carbocycles. The third-order valence-corrected chi connectivity index (χ3v) is 1.31. The highest BCUT2D eigenvalue weighted by atomic mass is 35.5. The molecule has 0 bridgehead atoms. The van der Waals surface area contributed by atoms with Crippen LogP contribution >= 0.6 is 24.8 Å². The van der Waals surface area contributed by atoms with Gasteiger partial charge in [0.1, 0.15) is 0 Å². The Morgan fingerprint density at radius 1 is 1.10 bits per heavy atom. The Balaban J connectivity index is 0.000000405. The first-order valence-corrected chi connectivity index (χ1v) is 2.59. The predicted octanol–water partition coefficient (Wildman–Crippen LogP) is 2.29. The highest BCUT2D eigenvalue weighted by molar-refractivity contribution is 5.91. The zero-order valence-corrected chi connectivity index (χ0v) is 6.78. The maximum Gasteiger partial charge on any atom is 0.0347 e. The first kappa shape index (κ1) is 9.47. The van der Waals surface area contributed by atoms with Crippen LogP contribution in [0.2, 0.25) is 0 Å². The highest BCUT2D eigenvalue weighted by Crippen LogP contribution is 2.19. The van der Waals surface area contributed by atoms with Gasteiger partial charge in [0.2, 0.25) is 0 Å². The summed E-state index contributed by atoms with van der Waals surface area (Å²) in [7, 11) is 0. The SMILES string of the molecule is C1=CC2=CN=CC2=C1.Cl.Cl. The zero-order chi connectivity index (χ0) is 5.40. The molecule has 0 fully saturated rings. The van der Waals surface area contributed by atoms with Crippen molar-refractivity contribution in [2.75, 3.05) is 0 Å². The molecule has 1 aliphatic heterocycles. The molecular weight excluding hydrogens is 169 g/mol. The number of aliphatic imine (C=N–C) groups is 1. The first-order chi connectivity index (χ1) is 3.97. The summed E-state index contributed by atoms with van der Waals surface area (Å²) in [5, 5.41) is 0. The molecule has 0 N–H and O–H groups in total. The van der Waals surface area contributed by atoms with Gasteiger partial charge in [-0.05, 0) is 0 Å². The zero-order valence-electron chi connectivity index (χ0n) is 5.15. The Bertz CT molecular complexity index is 210. The van der Waals surface area contributed by atoms with E-state index in [1.807, 2.05) is 18.5 Å². The van der Waals surface area contributed by atoms with E-state index >= 15 is 0 Å². The third kappa shape index (κ3) is 1.31. The van der Waals surface area contributed by atoms with Crippen LogP contribution in [0.1, 0.15) is 0 Å². The summed E-state index contributed by atoms with van der Waals surface area (Å²) in [5.74, 6) is 0. The Kier molecular flexibility index (Phi) is 3.40. The van der Waals surface area contributed by atoms with Crippen LogP contribution in [0.3, 0.4) is 0 Å². The van der Waals surface area contributed by atoms with Gasteiger partial charge in [0.15, 0.2) is 0 Å². The van der Waals surface area contributed by atoms with Gasteiger partial charge >= 0.3 is 0 Å². The molecule has 0 amide bonds. The van der Waals surface area contributed by atoms with Gasteiger partial charge in [-0.25, -0.2) is 0 Å². The summed E-state index contributed by atoms with van der Waals surface area (Å²) in [5.41, 5.74) is 2.48. The average molecular weight is 176 g/mol. The van der Waals surface area contributed by atoms with Crippen LogP contribution in [-0.4, -0.2) is 6.21 Å². The van der Waals surface area contributed by atoms with Gasteiger partial charge in [-0.2, -0.15) is 0 Å². The fourth-order valence-corrected chi connectivity index (χ4v) is 0.881. The van der Waals surface area contributed by atoms with E-state index in [1.54, 1.807) is 0 Å². The lowest BCUT2D eigenvalue weighted by atomic mass is 10.2. The summed E-state index contributed by atoms with van der Waals surface area (Å²) in [6.45, 7) is 0. The molecule has 1 heterocycles. The van der Waals surface area contributed by atoms with Gasteiger partial charge in [-0.3, -0.25) is 4.99 Å². The summed E-state index contributed by atoms with van der Waals surface area (Å²) in [4.78, 5) is 3.96. The molecule has 1 nitrogen and oxygen atoms in total. The smallest absolute Gasteiger partial charge is 0.0347 e. The average Bonchev–Trinajstić information content (AvgIpc) is 2.15. The number of hydrogen-bond acceptors (Lipinski definition) is 1. The normalized spacial score (nSPS) is 16.8. The van der Waals surface area contributed by atoms with Crippen LogP contribution in [0.4, 0.5) is 0 Å². The summed E-state index contributed by atoms with van der Waals surface area (Å²) in [6.07, 6.45) is 9.89. The van der Waals surface area contributed by atoms with Crippen molar-refractivity contribution in [3.63, 3.8) is 0 Å². The van der Waals surface area contributed by atoms with Gasteiger partial charge in [0.25, 0.3) is 0 Å². The van der Waals surface area contributed by atoms with Crippen molar-refractivity contribution < 1.29 is 0 Å². The molecule has 0 unspecified atom stereocenters. The Hall–Kier alpha value is -0.530. The number of halogens is 2. The lowest BCUT2D eigenvalue weighted by Gasteiger charge is -1.82. The van der Waals surface area contributed by atoms with Crippen molar-refractivity contribution in [3.8, 4) is 0 Å².